The predicted molar refractivity (Wildman–Crippen MR) is 67.0 cm³/mol. The number of nitrogens with one attached hydrogen (secondary N) is 2. The van der Waals surface area contributed by atoms with Gasteiger partial charge in [0.05, 0.1) is 12.6 Å². The Balaban J connectivity index is 2.24. The third-order valence-electron chi connectivity index (χ3n) is 2.54. The highest BCUT2D eigenvalue weighted by molar-refractivity contribution is 7.80. The van der Waals surface area contributed by atoms with Crippen molar-refractivity contribution in [1.82, 2.24) is 10.6 Å². The standard InChI is InChI=1S/C11H22N2OS/c1-4-14-7-10(8(2)3)13-11(15)12-9-5-6-9/h8-10H,4-7H2,1-3H3,(H2,12,13,15). The van der Waals surface area contributed by atoms with Crippen LogP contribution >= 0.6 is 12.2 Å². The second kappa shape index (κ2) is 6.28. The van der Waals surface area contributed by atoms with Crippen LogP contribution in [0.2, 0.25) is 0 Å². The lowest BCUT2D eigenvalue weighted by Gasteiger charge is -2.23. The van der Waals surface area contributed by atoms with Crippen molar-refractivity contribution < 1.29 is 4.74 Å². The van der Waals surface area contributed by atoms with E-state index in [1.807, 2.05) is 6.92 Å². The molecule has 0 aromatic heterocycles. The zero-order valence-electron chi connectivity index (χ0n) is 9.88. The van der Waals surface area contributed by atoms with Crippen LogP contribution in [0.25, 0.3) is 0 Å². The molecular weight excluding hydrogens is 208 g/mol. The zero-order chi connectivity index (χ0) is 11.3. The first-order valence-corrected chi connectivity index (χ1v) is 6.19. The van der Waals surface area contributed by atoms with Gasteiger partial charge in [-0.3, -0.25) is 0 Å². The van der Waals surface area contributed by atoms with Gasteiger partial charge in [0.1, 0.15) is 0 Å². The molecule has 0 aliphatic heterocycles. The van der Waals surface area contributed by atoms with E-state index in [2.05, 4.69) is 24.5 Å². The average Bonchev–Trinajstić information content (AvgIpc) is 2.95. The highest BCUT2D eigenvalue weighted by atomic mass is 32.1. The fraction of sp³-hybridized carbons (Fsp3) is 0.909. The highest BCUT2D eigenvalue weighted by Crippen LogP contribution is 2.18. The molecule has 3 nitrogen and oxygen atoms in total. The van der Waals surface area contributed by atoms with E-state index in [-0.39, 0.29) is 0 Å². The third kappa shape index (κ3) is 5.33. The highest BCUT2D eigenvalue weighted by Gasteiger charge is 2.23. The molecule has 1 atom stereocenters. The molecule has 1 rings (SSSR count). The van der Waals surface area contributed by atoms with Crippen LogP contribution in [0.3, 0.4) is 0 Å². The van der Waals surface area contributed by atoms with E-state index >= 15 is 0 Å². The number of thiocarbonyl (C=S) groups is 1. The lowest BCUT2D eigenvalue weighted by Crippen LogP contribution is -2.47. The van der Waals surface area contributed by atoms with Crippen molar-refractivity contribution in [3.8, 4) is 0 Å². The number of hydrogen-bond donors (Lipinski definition) is 2. The van der Waals surface area contributed by atoms with Crippen LogP contribution in [0.15, 0.2) is 0 Å². The van der Waals surface area contributed by atoms with Gasteiger partial charge in [-0.25, -0.2) is 0 Å². The minimum atomic E-state index is 0.309. The third-order valence-corrected chi connectivity index (χ3v) is 2.77. The van der Waals surface area contributed by atoms with Crippen molar-refractivity contribution in [2.45, 2.75) is 45.7 Å². The molecule has 0 spiro atoms. The molecule has 0 aromatic carbocycles. The summed E-state index contributed by atoms with van der Waals surface area (Å²) in [6.07, 6.45) is 2.50. The Kier molecular flexibility index (Phi) is 5.32. The van der Waals surface area contributed by atoms with Gasteiger partial charge in [0.15, 0.2) is 5.11 Å². The number of ether oxygens (including phenoxy) is 1. The van der Waals surface area contributed by atoms with Crippen LogP contribution in [0, 0.1) is 5.92 Å². The molecule has 1 saturated carbocycles. The average molecular weight is 230 g/mol. The van der Waals surface area contributed by atoms with E-state index in [0.717, 1.165) is 18.3 Å². The summed E-state index contributed by atoms with van der Waals surface area (Å²) >= 11 is 5.24. The van der Waals surface area contributed by atoms with Gasteiger partial charge in [-0.1, -0.05) is 13.8 Å². The summed E-state index contributed by atoms with van der Waals surface area (Å²) in [6, 6.07) is 0.925. The molecule has 1 aliphatic carbocycles. The maximum absolute atomic E-state index is 5.43. The number of hydrogen-bond acceptors (Lipinski definition) is 2. The molecule has 15 heavy (non-hydrogen) atoms. The predicted octanol–water partition coefficient (Wildman–Crippen LogP) is 1.67. The molecule has 0 saturated heterocycles. The van der Waals surface area contributed by atoms with Crippen molar-refractivity contribution in [1.29, 1.82) is 0 Å². The molecule has 0 amide bonds. The lowest BCUT2D eigenvalue weighted by atomic mass is 10.1. The maximum atomic E-state index is 5.43. The molecule has 0 bridgehead atoms. The van der Waals surface area contributed by atoms with Crippen molar-refractivity contribution >= 4 is 17.3 Å². The first-order valence-electron chi connectivity index (χ1n) is 5.78. The molecular formula is C11H22N2OS. The Hall–Kier alpha value is -0.350. The fourth-order valence-corrected chi connectivity index (χ4v) is 1.59. The van der Waals surface area contributed by atoms with Gasteiger partial charge in [-0.2, -0.15) is 0 Å². The quantitative estimate of drug-likeness (QED) is 0.680. The summed E-state index contributed by atoms with van der Waals surface area (Å²) in [5.41, 5.74) is 0. The molecule has 88 valence electrons. The van der Waals surface area contributed by atoms with Gasteiger partial charge in [-0.05, 0) is 37.9 Å². The van der Waals surface area contributed by atoms with Crippen LogP contribution in [0.5, 0.6) is 0 Å². The van der Waals surface area contributed by atoms with E-state index in [9.17, 15) is 0 Å². The Morgan fingerprint density at radius 3 is 2.60 bits per heavy atom. The minimum Gasteiger partial charge on any atom is -0.380 e. The molecule has 0 heterocycles. The fourth-order valence-electron chi connectivity index (χ4n) is 1.27. The van der Waals surface area contributed by atoms with Crippen LogP contribution in [0.4, 0.5) is 0 Å². The molecule has 0 aromatic rings. The summed E-state index contributed by atoms with van der Waals surface area (Å²) in [7, 11) is 0. The lowest BCUT2D eigenvalue weighted by molar-refractivity contribution is 0.115. The van der Waals surface area contributed by atoms with Gasteiger partial charge in [0, 0.05) is 12.6 Å². The van der Waals surface area contributed by atoms with Crippen LogP contribution in [0.1, 0.15) is 33.6 Å². The first kappa shape index (κ1) is 12.7. The van der Waals surface area contributed by atoms with E-state index in [1.165, 1.54) is 12.8 Å². The van der Waals surface area contributed by atoms with Crippen molar-refractivity contribution in [3.63, 3.8) is 0 Å². The minimum absolute atomic E-state index is 0.309. The van der Waals surface area contributed by atoms with Gasteiger partial charge in [0.2, 0.25) is 0 Å². The molecule has 1 aliphatic rings. The normalized spacial score (nSPS) is 17.6. The van der Waals surface area contributed by atoms with E-state index < -0.39 is 0 Å². The summed E-state index contributed by atoms with van der Waals surface area (Å²) in [4.78, 5) is 0. The number of rotatable bonds is 6. The van der Waals surface area contributed by atoms with Crippen LogP contribution in [-0.2, 0) is 4.74 Å². The Morgan fingerprint density at radius 2 is 2.13 bits per heavy atom. The second-order valence-corrected chi connectivity index (χ2v) is 4.81. The topological polar surface area (TPSA) is 33.3 Å². The van der Waals surface area contributed by atoms with E-state index in [1.54, 1.807) is 0 Å². The van der Waals surface area contributed by atoms with Crippen molar-refractivity contribution in [2.24, 2.45) is 5.92 Å². The van der Waals surface area contributed by atoms with Crippen molar-refractivity contribution in [2.75, 3.05) is 13.2 Å². The summed E-state index contributed by atoms with van der Waals surface area (Å²) in [5, 5.41) is 7.37. The molecule has 1 fully saturated rings. The van der Waals surface area contributed by atoms with Gasteiger partial charge < -0.3 is 15.4 Å². The van der Waals surface area contributed by atoms with E-state index in [0.29, 0.717) is 18.0 Å². The van der Waals surface area contributed by atoms with Gasteiger partial charge in [-0.15, -0.1) is 0 Å². The Labute approximate surface area is 98.0 Å². The van der Waals surface area contributed by atoms with E-state index in [4.69, 9.17) is 17.0 Å². The largest absolute Gasteiger partial charge is 0.380 e. The van der Waals surface area contributed by atoms with Crippen LogP contribution < -0.4 is 10.6 Å². The first-order chi connectivity index (χ1) is 7.13. The Bertz CT molecular complexity index is 205. The smallest absolute Gasteiger partial charge is 0.166 e. The monoisotopic (exact) mass is 230 g/mol. The summed E-state index contributed by atoms with van der Waals surface area (Å²) < 4.78 is 5.43. The summed E-state index contributed by atoms with van der Waals surface area (Å²) in [5.74, 6) is 0.524. The molecule has 2 N–H and O–H groups in total. The van der Waals surface area contributed by atoms with Gasteiger partial charge in [0.25, 0.3) is 0 Å². The summed E-state index contributed by atoms with van der Waals surface area (Å²) in [6.45, 7) is 7.85. The zero-order valence-corrected chi connectivity index (χ0v) is 10.7. The SMILES string of the molecule is CCOCC(NC(=S)NC1CC1)C(C)C. The maximum Gasteiger partial charge on any atom is 0.166 e. The Morgan fingerprint density at radius 1 is 1.47 bits per heavy atom. The molecule has 0 radical (unpaired) electrons. The second-order valence-electron chi connectivity index (χ2n) is 4.40. The molecule has 4 heteroatoms. The van der Waals surface area contributed by atoms with Gasteiger partial charge >= 0.3 is 0 Å². The molecule has 1 unspecified atom stereocenters. The van der Waals surface area contributed by atoms with Crippen LogP contribution in [-0.4, -0.2) is 30.4 Å². The van der Waals surface area contributed by atoms with Crippen molar-refractivity contribution in [3.05, 3.63) is 0 Å².